The highest BCUT2D eigenvalue weighted by Gasteiger charge is 2.46. The number of carbonyl (C=O) groups is 2. The van der Waals surface area contributed by atoms with Gasteiger partial charge in [0.25, 0.3) is 11.8 Å². The Kier molecular flexibility index (Phi) is 4.95. The summed E-state index contributed by atoms with van der Waals surface area (Å²) in [5.74, 6) is -3.10. The van der Waals surface area contributed by atoms with Crippen molar-refractivity contribution in [2.45, 2.75) is 51.2 Å². The van der Waals surface area contributed by atoms with Crippen LogP contribution in [-0.4, -0.2) is 51.2 Å². The number of halogens is 3. The maximum absolute atomic E-state index is 13.0. The first-order valence-corrected chi connectivity index (χ1v) is 8.94. The molecule has 1 N–H and O–H groups in total. The summed E-state index contributed by atoms with van der Waals surface area (Å²) in [5, 5.41) is 6.66. The standard InChI is InChI=1S/C17H20ClF2N5O3/c1-16(2,3)28-15(27)24(4)12-5-11(18)23-13-10(8-21-25(12)13)14(26)22-9-6-17(19,20)7-9/h5,8-9H,6-7H2,1-4H3,(H,22,26). The van der Waals surface area contributed by atoms with E-state index in [1.54, 1.807) is 20.8 Å². The third kappa shape index (κ3) is 4.16. The SMILES string of the molecule is CN(C(=O)OC(C)(C)C)c1cc(Cl)nc2c(C(=O)NC3CC(F)(F)C3)cnn12. The number of amides is 2. The molecule has 0 saturated heterocycles. The van der Waals surface area contributed by atoms with Crippen molar-refractivity contribution in [2.24, 2.45) is 0 Å². The molecule has 1 aliphatic carbocycles. The maximum Gasteiger partial charge on any atom is 0.415 e. The Labute approximate surface area is 164 Å². The molecule has 2 amide bonds. The second kappa shape index (κ2) is 6.84. The van der Waals surface area contributed by atoms with Crippen molar-refractivity contribution >= 4 is 35.1 Å². The van der Waals surface area contributed by atoms with Crippen LogP contribution in [0.1, 0.15) is 44.0 Å². The summed E-state index contributed by atoms with van der Waals surface area (Å²) in [6, 6.07) is 0.792. The fourth-order valence-electron chi connectivity index (χ4n) is 2.77. The second-order valence-corrected chi connectivity index (χ2v) is 8.09. The highest BCUT2D eigenvalue weighted by Crippen LogP contribution is 2.37. The zero-order chi connectivity index (χ0) is 20.9. The van der Waals surface area contributed by atoms with Crippen LogP contribution in [0.25, 0.3) is 5.65 Å². The molecule has 0 aliphatic heterocycles. The van der Waals surface area contributed by atoms with Crippen molar-refractivity contribution in [2.75, 3.05) is 11.9 Å². The minimum absolute atomic E-state index is 0.0302. The zero-order valence-corrected chi connectivity index (χ0v) is 16.5. The zero-order valence-electron chi connectivity index (χ0n) is 15.8. The Morgan fingerprint density at radius 3 is 2.61 bits per heavy atom. The summed E-state index contributed by atoms with van der Waals surface area (Å²) in [6.07, 6.45) is -0.205. The number of nitrogens with one attached hydrogen (secondary N) is 1. The van der Waals surface area contributed by atoms with E-state index in [-0.39, 0.29) is 22.2 Å². The van der Waals surface area contributed by atoms with Gasteiger partial charge in [-0.15, -0.1) is 0 Å². The molecule has 0 spiro atoms. The maximum atomic E-state index is 13.0. The molecule has 0 bridgehead atoms. The molecule has 1 aliphatic rings. The third-order valence-corrected chi connectivity index (χ3v) is 4.30. The van der Waals surface area contributed by atoms with Crippen molar-refractivity contribution in [1.29, 1.82) is 0 Å². The van der Waals surface area contributed by atoms with E-state index in [0.29, 0.717) is 0 Å². The number of nitrogens with zero attached hydrogens (tertiary/aromatic N) is 4. The highest BCUT2D eigenvalue weighted by atomic mass is 35.5. The van der Waals surface area contributed by atoms with E-state index in [0.717, 1.165) is 0 Å². The largest absolute Gasteiger partial charge is 0.443 e. The molecule has 1 fully saturated rings. The molecular formula is C17H20ClF2N5O3. The van der Waals surface area contributed by atoms with E-state index in [9.17, 15) is 18.4 Å². The van der Waals surface area contributed by atoms with Crippen LogP contribution in [0.4, 0.5) is 19.4 Å². The first-order chi connectivity index (χ1) is 12.9. The molecule has 28 heavy (non-hydrogen) atoms. The summed E-state index contributed by atoms with van der Waals surface area (Å²) in [7, 11) is 1.47. The van der Waals surface area contributed by atoms with Crippen LogP contribution in [-0.2, 0) is 4.74 Å². The molecule has 2 aromatic heterocycles. The normalized spacial score (nSPS) is 16.5. The van der Waals surface area contributed by atoms with Gasteiger partial charge in [-0.1, -0.05) is 11.6 Å². The molecule has 0 unspecified atom stereocenters. The lowest BCUT2D eigenvalue weighted by atomic mass is 9.88. The molecule has 3 rings (SSSR count). The Balaban J connectivity index is 1.88. The van der Waals surface area contributed by atoms with Crippen LogP contribution >= 0.6 is 11.6 Å². The minimum Gasteiger partial charge on any atom is -0.443 e. The first kappa shape index (κ1) is 20.2. The fourth-order valence-corrected chi connectivity index (χ4v) is 2.95. The predicted octanol–water partition coefficient (Wildman–Crippen LogP) is 3.28. The number of carbonyl (C=O) groups excluding carboxylic acids is 2. The predicted molar refractivity (Wildman–Crippen MR) is 98.1 cm³/mol. The van der Waals surface area contributed by atoms with Crippen molar-refractivity contribution in [3.63, 3.8) is 0 Å². The minimum atomic E-state index is -2.75. The van der Waals surface area contributed by atoms with E-state index >= 15 is 0 Å². The Morgan fingerprint density at radius 2 is 2.04 bits per heavy atom. The molecule has 152 valence electrons. The number of alkyl halides is 2. The Morgan fingerprint density at radius 1 is 1.39 bits per heavy atom. The number of ether oxygens (including phenoxy) is 1. The van der Waals surface area contributed by atoms with Gasteiger partial charge in [0.2, 0.25) is 0 Å². The van der Waals surface area contributed by atoms with Gasteiger partial charge in [-0.2, -0.15) is 9.61 Å². The van der Waals surface area contributed by atoms with Crippen molar-refractivity contribution in [1.82, 2.24) is 19.9 Å². The van der Waals surface area contributed by atoms with Gasteiger partial charge in [0, 0.05) is 32.0 Å². The molecule has 1 saturated carbocycles. The smallest absolute Gasteiger partial charge is 0.415 e. The van der Waals surface area contributed by atoms with Crippen LogP contribution < -0.4 is 10.2 Å². The van der Waals surface area contributed by atoms with E-state index in [1.807, 2.05) is 0 Å². The molecule has 8 nitrogen and oxygen atoms in total. The number of aromatic nitrogens is 3. The van der Waals surface area contributed by atoms with E-state index in [1.165, 1.54) is 28.7 Å². The lowest BCUT2D eigenvalue weighted by molar-refractivity contribution is -0.0901. The van der Waals surface area contributed by atoms with E-state index in [4.69, 9.17) is 16.3 Å². The summed E-state index contributed by atoms with van der Waals surface area (Å²) < 4.78 is 32.5. The molecule has 2 heterocycles. The number of hydrogen-bond acceptors (Lipinski definition) is 5. The van der Waals surface area contributed by atoms with Gasteiger partial charge in [0.15, 0.2) is 5.65 Å². The fraction of sp³-hybridized carbons (Fsp3) is 0.529. The molecule has 0 atom stereocenters. The summed E-state index contributed by atoms with van der Waals surface area (Å²) in [6.45, 7) is 5.19. The van der Waals surface area contributed by atoms with Crippen molar-refractivity contribution in [3.05, 3.63) is 23.0 Å². The topological polar surface area (TPSA) is 88.8 Å². The molecule has 11 heteroatoms. The van der Waals surface area contributed by atoms with Gasteiger partial charge in [-0.05, 0) is 20.8 Å². The lowest BCUT2D eigenvalue weighted by Crippen LogP contribution is -2.50. The quantitative estimate of drug-likeness (QED) is 0.777. The van der Waals surface area contributed by atoms with Crippen molar-refractivity contribution in [3.8, 4) is 0 Å². The van der Waals surface area contributed by atoms with Crippen molar-refractivity contribution < 1.29 is 23.1 Å². The van der Waals surface area contributed by atoms with Gasteiger partial charge >= 0.3 is 6.09 Å². The molecular weight excluding hydrogens is 396 g/mol. The highest BCUT2D eigenvalue weighted by molar-refractivity contribution is 6.30. The summed E-state index contributed by atoms with van der Waals surface area (Å²) in [5.41, 5.74) is -0.542. The molecule has 0 radical (unpaired) electrons. The molecule has 2 aromatic rings. The summed E-state index contributed by atoms with van der Waals surface area (Å²) >= 11 is 6.06. The Hall–Kier alpha value is -2.49. The van der Waals surface area contributed by atoms with Crippen LogP contribution in [0.5, 0.6) is 0 Å². The summed E-state index contributed by atoms with van der Waals surface area (Å²) in [4.78, 5) is 30.1. The van der Waals surface area contributed by atoms with Gasteiger partial charge in [-0.3, -0.25) is 9.69 Å². The third-order valence-electron chi connectivity index (χ3n) is 4.10. The number of rotatable bonds is 3. The van der Waals surface area contributed by atoms with Crippen LogP contribution in [0.2, 0.25) is 5.15 Å². The Bertz CT molecular complexity index is 933. The molecule has 0 aromatic carbocycles. The monoisotopic (exact) mass is 415 g/mol. The van der Waals surface area contributed by atoms with Crippen LogP contribution in [0.15, 0.2) is 12.3 Å². The number of hydrogen-bond donors (Lipinski definition) is 1. The van der Waals surface area contributed by atoms with Gasteiger partial charge in [0.05, 0.1) is 6.20 Å². The number of anilines is 1. The van der Waals surface area contributed by atoms with E-state index in [2.05, 4.69) is 15.4 Å². The lowest BCUT2D eigenvalue weighted by Gasteiger charge is -2.35. The van der Waals surface area contributed by atoms with E-state index < -0.39 is 42.4 Å². The van der Waals surface area contributed by atoms with Gasteiger partial charge < -0.3 is 10.1 Å². The average Bonchev–Trinajstić information content (AvgIpc) is 2.93. The van der Waals surface area contributed by atoms with Gasteiger partial charge in [-0.25, -0.2) is 18.6 Å². The second-order valence-electron chi connectivity index (χ2n) is 7.70. The average molecular weight is 416 g/mol. The number of fused-ring (bicyclic) bond motifs is 1. The van der Waals surface area contributed by atoms with Gasteiger partial charge in [0.1, 0.15) is 22.1 Å². The van der Waals surface area contributed by atoms with Crippen LogP contribution in [0, 0.1) is 0 Å². The first-order valence-electron chi connectivity index (χ1n) is 8.56. The van der Waals surface area contributed by atoms with Crippen LogP contribution in [0.3, 0.4) is 0 Å².